The van der Waals surface area contributed by atoms with Crippen molar-refractivity contribution < 1.29 is 9.18 Å². The van der Waals surface area contributed by atoms with Crippen molar-refractivity contribution in [2.75, 3.05) is 5.32 Å². The number of nitrogens with two attached hydrogens (primary N) is 1. The van der Waals surface area contributed by atoms with Gasteiger partial charge in [-0.05, 0) is 42.0 Å². The van der Waals surface area contributed by atoms with Crippen LogP contribution in [-0.4, -0.2) is 10.9 Å². The summed E-state index contributed by atoms with van der Waals surface area (Å²) < 4.78 is 12.8. The Morgan fingerprint density at radius 2 is 1.70 bits per heavy atom. The third-order valence-electron chi connectivity index (χ3n) is 2.70. The molecule has 0 saturated heterocycles. The summed E-state index contributed by atoms with van der Waals surface area (Å²) in [4.78, 5) is 12.4. The molecule has 0 unspecified atom stereocenters. The van der Waals surface area contributed by atoms with Crippen molar-refractivity contribution in [3.8, 4) is 0 Å². The summed E-state index contributed by atoms with van der Waals surface area (Å²) in [6, 6.07) is 12.6. The van der Waals surface area contributed by atoms with Crippen molar-refractivity contribution in [1.29, 1.82) is 0 Å². The first-order chi connectivity index (χ1) is 9.54. The molecular formula is C15H13FN2OS. The first-order valence-electron chi connectivity index (χ1n) is 5.99. The second-order valence-corrected chi connectivity index (χ2v) is 4.83. The van der Waals surface area contributed by atoms with Crippen LogP contribution in [0.1, 0.15) is 15.9 Å². The SMILES string of the molecule is NC(=S)Cc1ccc(C(=O)Nc2ccc(F)cc2)cc1. The van der Waals surface area contributed by atoms with Gasteiger partial charge >= 0.3 is 0 Å². The van der Waals surface area contributed by atoms with Crippen LogP contribution in [0, 0.1) is 5.82 Å². The highest BCUT2D eigenvalue weighted by Gasteiger charge is 2.06. The minimum absolute atomic E-state index is 0.251. The van der Waals surface area contributed by atoms with Crippen molar-refractivity contribution in [2.45, 2.75) is 6.42 Å². The van der Waals surface area contributed by atoms with E-state index in [0.717, 1.165) is 5.56 Å². The molecule has 0 aliphatic heterocycles. The molecule has 0 bridgehead atoms. The Kier molecular flexibility index (Phi) is 4.42. The summed E-state index contributed by atoms with van der Waals surface area (Å²) in [5.41, 5.74) is 7.47. The van der Waals surface area contributed by atoms with Gasteiger partial charge in [-0.15, -0.1) is 0 Å². The van der Waals surface area contributed by atoms with Gasteiger partial charge in [0, 0.05) is 17.7 Å². The topological polar surface area (TPSA) is 55.1 Å². The molecule has 2 aromatic rings. The van der Waals surface area contributed by atoms with E-state index < -0.39 is 0 Å². The Labute approximate surface area is 121 Å². The standard InChI is InChI=1S/C15H13FN2OS/c16-12-5-7-13(8-6-12)18-15(19)11-3-1-10(2-4-11)9-14(17)20/h1-8H,9H2,(H2,17,20)(H,18,19). The maximum atomic E-state index is 12.8. The van der Waals surface area contributed by atoms with Crippen LogP contribution >= 0.6 is 12.2 Å². The first-order valence-corrected chi connectivity index (χ1v) is 6.39. The van der Waals surface area contributed by atoms with Crippen LogP contribution in [0.2, 0.25) is 0 Å². The van der Waals surface area contributed by atoms with Gasteiger partial charge in [0.1, 0.15) is 5.82 Å². The number of amides is 1. The number of thiocarbonyl (C=S) groups is 1. The summed E-state index contributed by atoms with van der Waals surface area (Å²) in [5.74, 6) is -0.594. The van der Waals surface area contributed by atoms with Crippen LogP contribution in [0.4, 0.5) is 10.1 Å². The fourth-order valence-electron chi connectivity index (χ4n) is 1.71. The van der Waals surface area contributed by atoms with E-state index in [1.165, 1.54) is 24.3 Å². The largest absolute Gasteiger partial charge is 0.393 e. The number of hydrogen-bond acceptors (Lipinski definition) is 2. The summed E-state index contributed by atoms with van der Waals surface area (Å²) >= 11 is 4.83. The quantitative estimate of drug-likeness (QED) is 0.851. The van der Waals surface area contributed by atoms with Gasteiger partial charge in [0.2, 0.25) is 0 Å². The van der Waals surface area contributed by atoms with Crippen molar-refractivity contribution in [3.63, 3.8) is 0 Å². The zero-order chi connectivity index (χ0) is 14.5. The Morgan fingerprint density at radius 1 is 1.10 bits per heavy atom. The highest BCUT2D eigenvalue weighted by atomic mass is 32.1. The molecule has 0 radical (unpaired) electrons. The summed E-state index contributed by atoms with van der Waals surface area (Å²) in [5, 5.41) is 2.69. The van der Waals surface area contributed by atoms with Crippen LogP contribution in [0.15, 0.2) is 48.5 Å². The highest BCUT2D eigenvalue weighted by Crippen LogP contribution is 2.11. The molecule has 20 heavy (non-hydrogen) atoms. The van der Waals surface area contributed by atoms with Gasteiger partial charge in [-0.25, -0.2) is 4.39 Å². The van der Waals surface area contributed by atoms with E-state index >= 15 is 0 Å². The van der Waals surface area contributed by atoms with Gasteiger partial charge in [-0.1, -0.05) is 24.4 Å². The number of benzene rings is 2. The molecule has 3 N–H and O–H groups in total. The van der Waals surface area contributed by atoms with Crippen molar-refractivity contribution in [1.82, 2.24) is 0 Å². The van der Waals surface area contributed by atoms with Crippen molar-refractivity contribution in [2.24, 2.45) is 5.73 Å². The molecule has 0 aliphatic rings. The van der Waals surface area contributed by atoms with Gasteiger partial charge in [0.15, 0.2) is 0 Å². The highest BCUT2D eigenvalue weighted by molar-refractivity contribution is 7.80. The molecule has 3 nitrogen and oxygen atoms in total. The van der Waals surface area contributed by atoms with Crippen LogP contribution in [-0.2, 0) is 6.42 Å². The van der Waals surface area contributed by atoms with Gasteiger partial charge < -0.3 is 11.1 Å². The fourth-order valence-corrected chi connectivity index (χ4v) is 1.88. The lowest BCUT2D eigenvalue weighted by Crippen LogP contribution is -2.13. The number of carbonyl (C=O) groups excluding carboxylic acids is 1. The van der Waals surface area contributed by atoms with E-state index in [0.29, 0.717) is 22.7 Å². The maximum Gasteiger partial charge on any atom is 0.255 e. The Morgan fingerprint density at radius 3 is 2.25 bits per heavy atom. The number of carbonyl (C=O) groups is 1. The Balaban J connectivity index is 2.05. The van der Waals surface area contributed by atoms with E-state index in [2.05, 4.69) is 5.32 Å². The van der Waals surface area contributed by atoms with Gasteiger partial charge in [-0.3, -0.25) is 4.79 Å². The molecule has 2 aromatic carbocycles. The fraction of sp³-hybridized carbons (Fsp3) is 0.0667. The number of hydrogen-bond donors (Lipinski definition) is 2. The van der Waals surface area contributed by atoms with E-state index in [-0.39, 0.29) is 11.7 Å². The van der Waals surface area contributed by atoms with E-state index in [1.807, 2.05) is 0 Å². The third-order valence-corrected chi connectivity index (χ3v) is 2.84. The predicted molar refractivity (Wildman–Crippen MR) is 81.3 cm³/mol. The summed E-state index contributed by atoms with van der Waals surface area (Å²) in [7, 11) is 0. The molecule has 2 rings (SSSR count). The predicted octanol–water partition coefficient (Wildman–Crippen LogP) is 2.91. The first kappa shape index (κ1) is 14.1. The molecule has 0 heterocycles. The molecule has 0 aliphatic carbocycles. The molecule has 0 spiro atoms. The molecule has 5 heteroatoms. The van der Waals surface area contributed by atoms with Gasteiger partial charge in [-0.2, -0.15) is 0 Å². The third kappa shape index (κ3) is 3.86. The number of rotatable bonds is 4. The normalized spacial score (nSPS) is 10.1. The van der Waals surface area contributed by atoms with Crippen LogP contribution < -0.4 is 11.1 Å². The van der Waals surface area contributed by atoms with Crippen molar-refractivity contribution >= 4 is 28.8 Å². The average Bonchev–Trinajstić information content (AvgIpc) is 2.41. The zero-order valence-corrected chi connectivity index (χ0v) is 11.4. The molecule has 1 amide bonds. The van der Waals surface area contributed by atoms with E-state index in [9.17, 15) is 9.18 Å². The maximum absolute atomic E-state index is 12.8. The molecular weight excluding hydrogens is 275 g/mol. The van der Waals surface area contributed by atoms with Crippen molar-refractivity contribution in [3.05, 3.63) is 65.5 Å². The zero-order valence-electron chi connectivity index (χ0n) is 10.6. The average molecular weight is 288 g/mol. The lowest BCUT2D eigenvalue weighted by Gasteiger charge is -2.06. The van der Waals surface area contributed by atoms with Crippen LogP contribution in [0.25, 0.3) is 0 Å². The lowest BCUT2D eigenvalue weighted by molar-refractivity contribution is 0.102. The summed E-state index contributed by atoms with van der Waals surface area (Å²) in [6.07, 6.45) is 0.509. The van der Waals surface area contributed by atoms with E-state index in [4.69, 9.17) is 18.0 Å². The van der Waals surface area contributed by atoms with Gasteiger partial charge in [0.25, 0.3) is 5.91 Å². The molecule has 0 atom stereocenters. The number of anilines is 1. The lowest BCUT2D eigenvalue weighted by atomic mass is 10.1. The molecule has 0 aromatic heterocycles. The monoisotopic (exact) mass is 288 g/mol. The second kappa shape index (κ2) is 6.25. The minimum Gasteiger partial charge on any atom is -0.393 e. The van der Waals surface area contributed by atoms with E-state index in [1.54, 1.807) is 24.3 Å². The van der Waals surface area contributed by atoms with Crippen LogP contribution in [0.3, 0.4) is 0 Å². The Bertz CT molecular complexity index is 623. The number of nitrogens with one attached hydrogen (secondary N) is 1. The smallest absolute Gasteiger partial charge is 0.255 e. The second-order valence-electron chi connectivity index (χ2n) is 4.30. The number of halogens is 1. The summed E-state index contributed by atoms with van der Waals surface area (Å²) in [6.45, 7) is 0. The van der Waals surface area contributed by atoms with Crippen LogP contribution in [0.5, 0.6) is 0 Å². The minimum atomic E-state index is -0.342. The molecule has 0 fully saturated rings. The molecule has 102 valence electrons. The van der Waals surface area contributed by atoms with Gasteiger partial charge in [0.05, 0.1) is 4.99 Å². The Hall–Kier alpha value is -2.27. The molecule has 0 saturated carbocycles.